The summed E-state index contributed by atoms with van der Waals surface area (Å²) in [5.74, 6) is 0.828. The maximum absolute atomic E-state index is 13.0. The van der Waals surface area contributed by atoms with Crippen LogP contribution in [0, 0.1) is 12.3 Å². The number of nitrogens with zero attached hydrogens (tertiary/aromatic N) is 3. The van der Waals surface area contributed by atoms with Crippen LogP contribution in [0.1, 0.15) is 41.2 Å². The van der Waals surface area contributed by atoms with Crippen LogP contribution >= 0.6 is 15.9 Å². The molecular weight excluding hydrogens is 354 g/mol. The van der Waals surface area contributed by atoms with Gasteiger partial charge in [0.2, 0.25) is 0 Å². The average Bonchev–Trinajstić information content (AvgIpc) is 2.96. The number of carbonyl (C=O) groups is 1. The largest absolute Gasteiger partial charge is 0.339 e. The number of amides is 1. The van der Waals surface area contributed by atoms with Crippen molar-refractivity contribution < 1.29 is 4.79 Å². The number of anilines is 1. The summed E-state index contributed by atoms with van der Waals surface area (Å²) in [6.07, 6.45) is 3.86. The first kappa shape index (κ1) is 14.9. The van der Waals surface area contributed by atoms with E-state index in [0.29, 0.717) is 12.0 Å². The number of aromatic nitrogens is 2. The fourth-order valence-electron chi connectivity index (χ4n) is 3.89. The zero-order chi connectivity index (χ0) is 16.4. The van der Waals surface area contributed by atoms with Crippen molar-refractivity contribution in [1.82, 2.24) is 9.55 Å². The second-order valence-electron chi connectivity index (χ2n) is 7.37. The van der Waals surface area contributed by atoms with Gasteiger partial charge in [-0.25, -0.2) is 4.98 Å². The van der Waals surface area contributed by atoms with E-state index in [9.17, 15) is 4.79 Å². The number of carbonyl (C=O) groups excluding carboxylic acids is 1. The van der Waals surface area contributed by atoms with Gasteiger partial charge < -0.3 is 4.57 Å². The van der Waals surface area contributed by atoms with Crippen LogP contribution in [0.2, 0.25) is 0 Å². The Morgan fingerprint density at radius 3 is 2.83 bits per heavy atom. The van der Waals surface area contributed by atoms with Crippen LogP contribution in [0.25, 0.3) is 0 Å². The van der Waals surface area contributed by atoms with Crippen molar-refractivity contribution in [1.29, 1.82) is 0 Å². The Bertz CT molecular complexity index is 822. The second kappa shape index (κ2) is 4.94. The Morgan fingerprint density at radius 1 is 1.26 bits per heavy atom. The average molecular weight is 374 g/mol. The molecule has 0 saturated heterocycles. The predicted octanol–water partition coefficient (Wildman–Crippen LogP) is 3.74. The molecule has 0 radical (unpaired) electrons. The van der Waals surface area contributed by atoms with Crippen molar-refractivity contribution in [2.45, 2.75) is 40.2 Å². The minimum absolute atomic E-state index is 0.0668. The standard InChI is InChI=1S/C18H20BrN3O/c1-11-13(19)4-5-20-16(11)22-7-6-21-14(17(22)23)8-12-9-18(2,3)10-15(12)21/h4-5,8H,6-7,9-10H2,1-3H3. The van der Waals surface area contributed by atoms with Crippen LogP contribution in [0.15, 0.2) is 22.8 Å². The molecule has 0 saturated carbocycles. The lowest BCUT2D eigenvalue weighted by Gasteiger charge is -2.30. The first-order chi connectivity index (χ1) is 10.9. The summed E-state index contributed by atoms with van der Waals surface area (Å²) in [5.41, 5.74) is 4.85. The molecule has 0 fully saturated rings. The van der Waals surface area contributed by atoms with Gasteiger partial charge in [0.15, 0.2) is 0 Å². The highest BCUT2D eigenvalue weighted by atomic mass is 79.9. The van der Waals surface area contributed by atoms with Crippen LogP contribution in [0.5, 0.6) is 0 Å². The summed E-state index contributed by atoms with van der Waals surface area (Å²) in [4.78, 5) is 19.3. The highest BCUT2D eigenvalue weighted by molar-refractivity contribution is 9.10. The molecule has 0 bridgehead atoms. The van der Waals surface area contributed by atoms with Crippen molar-refractivity contribution in [3.63, 3.8) is 0 Å². The van der Waals surface area contributed by atoms with E-state index in [1.165, 1.54) is 11.3 Å². The van der Waals surface area contributed by atoms with E-state index in [1.54, 1.807) is 6.20 Å². The third kappa shape index (κ3) is 2.24. The Hall–Kier alpha value is -1.62. The lowest BCUT2D eigenvalue weighted by Crippen LogP contribution is -2.41. The molecule has 0 aromatic carbocycles. The molecule has 4 nitrogen and oxygen atoms in total. The maximum atomic E-state index is 13.0. The SMILES string of the molecule is Cc1c(Br)ccnc1N1CCn2c(cc3c2CC(C)(C)C3)C1=O. The monoisotopic (exact) mass is 373 g/mol. The zero-order valence-corrected chi connectivity index (χ0v) is 15.3. The van der Waals surface area contributed by atoms with Crippen LogP contribution in [0.3, 0.4) is 0 Å². The van der Waals surface area contributed by atoms with E-state index in [0.717, 1.165) is 40.9 Å². The summed E-state index contributed by atoms with van der Waals surface area (Å²) in [7, 11) is 0. The number of hydrogen-bond donors (Lipinski definition) is 0. The number of pyridine rings is 1. The molecule has 1 aliphatic heterocycles. The van der Waals surface area contributed by atoms with Gasteiger partial charge in [0.25, 0.3) is 5.91 Å². The van der Waals surface area contributed by atoms with Crippen molar-refractivity contribution in [3.8, 4) is 0 Å². The third-order valence-electron chi connectivity index (χ3n) is 4.99. The molecule has 2 aromatic rings. The van der Waals surface area contributed by atoms with E-state index in [2.05, 4.69) is 45.4 Å². The molecule has 1 amide bonds. The molecule has 120 valence electrons. The van der Waals surface area contributed by atoms with E-state index in [-0.39, 0.29) is 5.91 Å². The minimum atomic E-state index is 0.0668. The Balaban J connectivity index is 1.73. The smallest absolute Gasteiger partial charge is 0.276 e. The lowest BCUT2D eigenvalue weighted by atomic mass is 9.90. The van der Waals surface area contributed by atoms with Gasteiger partial charge in [-0.1, -0.05) is 29.8 Å². The molecule has 3 heterocycles. The van der Waals surface area contributed by atoms with E-state index >= 15 is 0 Å². The fourth-order valence-corrected chi connectivity index (χ4v) is 4.18. The molecule has 1 aliphatic carbocycles. The van der Waals surface area contributed by atoms with Crippen molar-refractivity contribution in [2.75, 3.05) is 11.4 Å². The van der Waals surface area contributed by atoms with E-state index in [4.69, 9.17) is 0 Å². The first-order valence-corrected chi connectivity index (χ1v) is 8.81. The highest BCUT2D eigenvalue weighted by Crippen LogP contribution is 2.39. The van der Waals surface area contributed by atoms with Crippen molar-refractivity contribution >= 4 is 27.7 Å². The summed E-state index contributed by atoms with van der Waals surface area (Å²) in [5, 5.41) is 0. The normalized spacial score (nSPS) is 19.0. The summed E-state index contributed by atoms with van der Waals surface area (Å²) < 4.78 is 3.22. The third-order valence-corrected chi connectivity index (χ3v) is 5.85. The Labute approximate surface area is 144 Å². The number of hydrogen-bond acceptors (Lipinski definition) is 2. The molecule has 5 heteroatoms. The van der Waals surface area contributed by atoms with Gasteiger partial charge in [-0.05, 0) is 42.9 Å². The Kier molecular flexibility index (Phi) is 3.21. The lowest BCUT2D eigenvalue weighted by molar-refractivity contribution is 0.0963. The van der Waals surface area contributed by atoms with Gasteiger partial charge in [-0.15, -0.1) is 0 Å². The van der Waals surface area contributed by atoms with Gasteiger partial charge >= 0.3 is 0 Å². The molecule has 0 unspecified atom stereocenters. The first-order valence-electron chi connectivity index (χ1n) is 8.02. The molecule has 0 N–H and O–H groups in total. The number of fused-ring (bicyclic) bond motifs is 3. The van der Waals surface area contributed by atoms with Crippen LogP contribution in [0.4, 0.5) is 5.82 Å². The fraction of sp³-hybridized carbons (Fsp3) is 0.444. The molecule has 2 aromatic heterocycles. The summed E-state index contributed by atoms with van der Waals surface area (Å²) in [6.45, 7) is 8.12. The molecule has 23 heavy (non-hydrogen) atoms. The van der Waals surface area contributed by atoms with Gasteiger partial charge in [0.05, 0.1) is 0 Å². The van der Waals surface area contributed by atoms with Gasteiger partial charge in [0, 0.05) is 35.0 Å². The molecule has 2 aliphatic rings. The number of rotatable bonds is 1. The molecule has 0 atom stereocenters. The number of halogens is 1. The Morgan fingerprint density at radius 2 is 2.04 bits per heavy atom. The van der Waals surface area contributed by atoms with Gasteiger partial charge in [-0.2, -0.15) is 0 Å². The zero-order valence-electron chi connectivity index (χ0n) is 13.7. The van der Waals surface area contributed by atoms with E-state index in [1.807, 2.05) is 17.9 Å². The van der Waals surface area contributed by atoms with Crippen molar-refractivity contribution in [2.24, 2.45) is 5.41 Å². The van der Waals surface area contributed by atoms with Crippen LogP contribution in [-0.2, 0) is 19.4 Å². The molecular formula is C18H20BrN3O. The molecule has 4 rings (SSSR count). The quantitative estimate of drug-likeness (QED) is 0.763. The van der Waals surface area contributed by atoms with Gasteiger partial charge in [0.1, 0.15) is 11.5 Å². The second-order valence-corrected chi connectivity index (χ2v) is 8.22. The van der Waals surface area contributed by atoms with Crippen molar-refractivity contribution in [3.05, 3.63) is 45.3 Å². The summed E-state index contributed by atoms with van der Waals surface area (Å²) in [6, 6.07) is 4.01. The van der Waals surface area contributed by atoms with Gasteiger partial charge in [-0.3, -0.25) is 9.69 Å². The predicted molar refractivity (Wildman–Crippen MR) is 94.0 cm³/mol. The van der Waals surface area contributed by atoms with E-state index < -0.39 is 0 Å². The topological polar surface area (TPSA) is 38.1 Å². The summed E-state index contributed by atoms with van der Waals surface area (Å²) >= 11 is 3.53. The maximum Gasteiger partial charge on any atom is 0.276 e. The highest BCUT2D eigenvalue weighted by Gasteiger charge is 2.37. The molecule has 0 spiro atoms. The van der Waals surface area contributed by atoms with Crippen LogP contribution in [-0.4, -0.2) is 22.0 Å². The van der Waals surface area contributed by atoms with Crippen LogP contribution < -0.4 is 4.90 Å². The minimum Gasteiger partial charge on any atom is -0.339 e.